The summed E-state index contributed by atoms with van der Waals surface area (Å²) in [7, 11) is 1.05. The molecule has 2 aromatic rings. The zero-order valence-corrected chi connectivity index (χ0v) is 17.4. The number of halogens is 6. The first-order chi connectivity index (χ1) is 15.5. The average molecular weight is 479 g/mol. The Balaban J connectivity index is 1.97. The summed E-state index contributed by atoms with van der Waals surface area (Å²) in [6.07, 6.45) is -7.76. The van der Waals surface area contributed by atoms with Crippen molar-refractivity contribution in [3.63, 3.8) is 0 Å². The molecule has 14 heteroatoms. The fourth-order valence-corrected chi connectivity index (χ4v) is 3.32. The third-order valence-electron chi connectivity index (χ3n) is 4.89. The summed E-state index contributed by atoms with van der Waals surface area (Å²) in [5.74, 6) is -0.693. The summed E-state index contributed by atoms with van der Waals surface area (Å²) in [5.41, 5.74) is -2.14. The van der Waals surface area contributed by atoms with Gasteiger partial charge in [-0.3, -0.25) is 4.90 Å². The molecule has 1 saturated heterocycles. The van der Waals surface area contributed by atoms with E-state index in [1.54, 1.807) is 6.92 Å². The topological polar surface area (TPSA) is 80.7 Å². The fourth-order valence-electron chi connectivity index (χ4n) is 3.32. The summed E-state index contributed by atoms with van der Waals surface area (Å²) in [6.45, 7) is 1.64. The number of nitrogens with zero attached hydrogens (tertiary/aromatic N) is 5. The van der Waals surface area contributed by atoms with Gasteiger partial charge in [-0.05, 0) is 18.6 Å². The van der Waals surface area contributed by atoms with Crippen LogP contribution in [0.5, 0.6) is 5.88 Å². The number of hydrogen-bond donors (Lipinski definition) is 0. The lowest BCUT2D eigenvalue weighted by Crippen LogP contribution is -2.51. The second-order valence-corrected chi connectivity index (χ2v) is 6.95. The van der Waals surface area contributed by atoms with E-state index in [-0.39, 0.29) is 37.8 Å². The van der Waals surface area contributed by atoms with Crippen LogP contribution in [0.15, 0.2) is 24.7 Å². The number of carbonyl (C=O) groups excluding carboxylic acids is 1. The third kappa shape index (κ3) is 5.37. The molecule has 1 aliphatic rings. The largest absolute Gasteiger partial charge is 0.481 e. The number of rotatable bonds is 4. The molecule has 180 valence electrons. The molecule has 3 heterocycles. The number of alkyl halides is 6. The number of anilines is 1. The highest BCUT2D eigenvalue weighted by molar-refractivity contribution is 5.69. The Bertz CT molecular complexity index is 983. The first-order valence-electron chi connectivity index (χ1n) is 9.64. The Kier molecular flexibility index (Phi) is 6.84. The van der Waals surface area contributed by atoms with Crippen molar-refractivity contribution in [2.75, 3.05) is 38.3 Å². The molecule has 0 spiro atoms. The van der Waals surface area contributed by atoms with E-state index in [2.05, 4.69) is 15.0 Å². The molecule has 1 atom stereocenters. The standard InChI is InChI=1S/C19H19F6N5O3/c1-3-33-17(31)30-5-4-29(16-27-8-12(9-28-16)18(20,21)22)10-14(30)11-6-13(19(23,24)25)15(32-2)26-7-11/h6-9,14H,3-5,10H2,1-2H3. The molecule has 3 rings (SSSR count). The van der Waals surface area contributed by atoms with Crippen molar-refractivity contribution in [3.8, 4) is 5.88 Å². The number of amides is 1. The number of ether oxygens (including phenoxy) is 2. The molecule has 1 amide bonds. The first-order valence-corrected chi connectivity index (χ1v) is 9.64. The summed E-state index contributed by atoms with van der Waals surface area (Å²) in [4.78, 5) is 26.3. The molecule has 0 aromatic carbocycles. The maximum Gasteiger partial charge on any atom is 0.421 e. The van der Waals surface area contributed by atoms with Gasteiger partial charge in [-0.1, -0.05) is 0 Å². The highest BCUT2D eigenvalue weighted by Gasteiger charge is 2.39. The second-order valence-electron chi connectivity index (χ2n) is 6.95. The number of methoxy groups -OCH3 is 1. The third-order valence-corrected chi connectivity index (χ3v) is 4.89. The van der Waals surface area contributed by atoms with Gasteiger partial charge >= 0.3 is 18.4 Å². The van der Waals surface area contributed by atoms with Crippen molar-refractivity contribution in [2.24, 2.45) is 0 Å². The van der Waals surface area contributed by atoms with E-state index in [1.165, 1.54) is 9.80 Å². The number of pyridine rings is 1. The van der Waals surface area contributed by atoms with Crippen LogP contribution in [0.25, 0.3) is 0 Å². The van der Waals surface area contributed by atoms with Crippen LogP contribution >= 0.6 is 0 Å². The predicted molar refractivity (Wildman–Crippen MR) is 102 cm³/mol. The van der Waals surface area contributed by atoms with E-state index in [0.717, 1.165) is 19.4 Å². The zero-order valence-electron chi connectivity index (χ0n) is 17.4. The lowest BCUT2D eigenvalue weighted by atomic mass is 10.0. The highest BCUT2D eigenvalue weighted by Crippen LogP contribution is 2.38. The van der Waals surface area contributed by atoms with Crippen molar-refractivity contribution in [1.82, 2.24) is 19.9 Å². The smallest absolute Gasteiger partial charge is 0.421 e. The molecule has 0 aliphatic carbocycles. The van der Waals surface area contributed by atoms with Crippen molar-refractivity contribution >= 4 is 12.0 Å². The summed E-state index contributed by atoms with van der Waals surface area (Å²) in [5, 5.41) is 0. The van der Waals surface area contributed by atoms with Gasteiger partial charge in [0.1, 0.15) is 5.56 Å². The molecule has 0 bridgehead atoms. The molecule has 0 saturated carbocycles. The van der Waals surface area contributed by atoms with Gasteiger partial charge in [0.2, 0.25) is 11.8 Å². The lowest BCUT2D eigenvalue weighted by Gasteiger charge is -2.41. The average Bonchev–Trinajstić information content (AvgIpc) is 2.77. The fraction of sp³-hybridized carbons (Fsp3) is 0.474. The number of aromatic nitrogens is 3. The minimum Gasteiger partial charge on any atom is -0.481 e. The van der Waals surface area contributed by atoms with Crippen molar-refractivity contribution in [2.45, 2.75) is 25.3 Å². The van der Waals surface area contributed by atoms with Gasteiger partial charge in [0.05, 0.1) is 25.3 Å². The second kappa shape index (κ2) is 9.27. The Morgan fingerprint density at radius 2 is 1.73 bits per heavy atom. The molecule has 1 fully saturated rings. The van der Waals surface area contributed by atoms with Gasteiger partial charge in [0.25, 0.3) is 0 Å². The van der Waals surface area contributed by atoms with Crippen LogP contribution in [0.4, 0.5) is 37.1 Å². The van der Waals surface area contributed by atoms with Gasteiger partial charge in [0.15, 0.2) is 0 Å². The van der Waals surface area contributed by atoms with E-state index in [9.17, 15) is 31.1 Å². The molecule has 0 radical (unpaired) electrons. The lowest BCUT2D eigenvalue weighted by molar-refractivity contribution is -0.139. The van der Waals surface area contributed by atoms with Crippen LogP contribution in [-0.2, 0) is 17.1 Å². The van der Waals surface area contributed by atoms with Gasteiger partial charge in [-0.2, -0.15) is 26.3 Å². The van der Waals surface area contributed by atoms with E-state index in [0.29, 0.717) is 12.4 Å². The van der Waals surface area contributed by atoms with Crippen molar-refractivity contribution in [1.29, 1.82) is 0 Å². The number of piperazine rings is 1. The first kappa shape index (κ1) is 24.3. The van der Waals surface area contributed by atoms with Crippen LogP contribution in [0.3, 0.4) is 0 Å². The quantitative estimate of drug-likeness (QED) is 0.615. The van der Waals surface area contributed by atoms with Crippen LogP contribution in [0.2, 0.25) is 0 Å². The molecule has 33 heavy (non-hydrogen) atoms. The van der Waals surface area contributed by atoms with E-state index >= 15 is 0 Å². The number of carbonyl (C=O) groups is 1. The van der Waals surface area contributed by atoms with Crippen LogP contribution < -0.4 is 9.64 Å². The predicted octanol–water partition coefficient (Wildman–Crippen LogP) is 3.94. The molecular weight excluding hydrogens is 460 g/mol. The maximum absolute atomic E-state index is 13.5. The molecule has 1 aliphatic heterocycles. The minimum absolute atomic E-state index is 0.00125. The van der Waals surface area contributed by atoms with E-state index < -0.39 is 41.5 Å². The summed E-state index contributed by atoms with van der Waals surface area (Å²) in [6, 6.07) is -0.150. The molecular formula is C19H19F6N5O3. The van der Waals surface area contributed by atoms with Crippen molar-refractivity contribution < 1.29 is 40.6 Å². The monoisotopic (exact) mass is 479 g/mol. The molecule has 1 unspecified atom stereocenters. The van der Waals surface area contributed by atoms with E-state index in [1.807, 2.05) is 0 Å². The maximum atomic E-state index is 13.5. The minimum atomic E-state index is -4.77. The summed E-state index contributed by atoms with van der Waals surface area (Å²) < 4.78 is 88.6. The SMILES string of the molecule is CCOC(=O)N1CCN(c2ncc(C(F)(F)F)cn2)CC1c1cnc(OC)c(C(F)(F)F)c1. The van der Waals surface area contributed by atoms with Gasteiger partial charge in [-0.25, -0.2) is 19.7 Å². The van der Waals surface area contributed by atoms with Crippen LogP contribution in [-0.4, -0.2) is 59.3 Å². The summed E-state index contributed by atoms with van der Waals surface area (Å²) >= 11 is 0. The van der Waals surface area contributed by atoms with Crippen molar-refractivity contribution in [3.05, 3.63) is 41.3 Å². The molecule has 2 aromatic heterocycles. The van der Waals surface area contributed by atoms with Crippen LogP contribution in [0.1, 0.15) is 29.7 Å². The zero-order chi connectivity index (χ0) is 24.4. The molecule has 8 nitrogen and oxygen atoms in total. The Hall–Kier alpha value is -3.32. The Morgan fingerprint density at radius 3 is 2.27 bits per heavy atom. The Morgan fingerprint density at radius 1 is 1.06 bits per heavy atom. The number of hydrogen-bond acceptors (Lipinski definition) is 7. The van der Waals surface area contributed by atoms with Gasteiger partial charge in [0, 0.05) is 38.2 Å². The Labute approximate surface area is 184 Å². The van der Waals surface area contributed by atoms with Crippen LogP contribution in [0, 0.1) is 0 Å². The normalized spacial score (nSPS) is 17.2. The highest BCUT2D eigenvalue weighted by atomic mass is 19.4. The molecule has 0 N–H and O–H groups in total. The van der Waals surface area contributed by atoms with Gasteiger partial charge < -0.3 is 14.4 Å². The van der Waals surface area contributed by atoms with E-state index in [4.69, 9.17) is 9.47 Å². The van der Waals surface area contributed by atoms with Gasteiger partial charge in [-0.15, -0.1) is 0 Å².